The smallest absolute Gasteiger partial charge is 0.120 e. The molecule has 0 unspecified atom stereocenters. The molecular weight excluding hydrogens is 140 g/mol. The third kappa shape index (κ3) is 2.06. The van der Waals surface area contributed by atoms with Gasteiger partial charge in [-0.15, -0.1) is 0 Å². The zero-order valence-electron chi connectivity index (χ0n) is 6.71. The topological polar surface area (TPSA) is 65.2 Å². The average molecular weight is 154 g/mol. The molecule has 11 heavy (non-hydrogen) atoms. The van der Waals surface area contributed by atoms with Gasteiger partial charge in [0, 0.05) is 0 Å². The molecular formula is C8H14N2O. The zero-order valence-corrected chi connectivity index (χ0v) is 6.71. The van der Waals surface area contributed by atoms with Crippen LogP contribution in [0.5, 0.6) is 0 Å². The molecule has 1 rings (SSSR count). The summed E-state index contributed by atoms with van der Waals surface area (Å²) in [6.07, 6.45) is 0.771. The lowest BCUT2D eigenvalue weighted by atomic mass is 10.2. The van der Waals surface area contributed by atoms with Crippen molar-refractivity contribution in [3.05, 3.63) is 23.7 Å². The van der Waals surface area contributed by atoms with E-state index in [2.05, 4.69) is 0 Å². The Labute approximate surface area is 66.4 Å². The molecule has 0 spiro atoms. The Morgan fingerprint density at radius 1 is 1.55 bits per heavy atom. The molecule has 0 aliphatic carbocycles. The Balaban J connectivity index is 2.60. The van der Waals surface area contributed by atoms with Crippen LogP contribution in [0.15, 0.2) is 16.5 Å². The van der Waals surface area contributed by atoms with Crippen molar-refractivity contribution in [2.24, 2.45) is 11.5 Å². The van der Waals surface area contributed by atoms with Gasteiger partial charge in [-0.05, 0) is 32.0 Å². The summed E-state index contributed by atoms with van der Waals surface area (Å²) < 4.78 is 5.32. The molecule has 62 valence electrons. The van der Waals surface area contributed by atoms with E-state index in [1.807, 2.05) is 19.1 Å². The quantitative estimate of drug-likeness (QED) is 0.680. The Hall–Kier alpha value is -0.800. The van der Waals surface area contributed by atoms with Crippen LogP contribution in [-0.4, -0.2) is 6.54 Å². The van der Waals surface area contributed by atoms with E-state index < -0.39 is 0 Å². The van der Waals surface area contributed by atoms with E-state index in [-0.39, 0.29) is 6.04 Å². The monoisotopic (exact) mass is 154 g/mol. The summed E-state index contributed by atoms with van der Waals surface area (Å²) in [5, 5.41) is 0. The van der Waals surface area contributed by atoms with Crippen LogP contribution in [0.3, 0.4) is 0 Å². The van der Waals surface area contributed by atoms with Gasteiger partial charge in [0.05, 0.1) is 6.04 Å². The van der Waals surface area contributed by atoms with Gasteiger partial charge in [-0.25, -0.2) is 0 Å². The lowest BCUT2D eigenvalue weighted by molar-refractivity contribution is 0.437. The van der Waals surface area contributed by atoms with Crippen molar-refractivity contribution >= 4 is 0 Å². The predicted octanol–water partition coefficient (Wildman–Crippen LogP) is 0.937. The molecule has 0 aromatic carbocycles. The average Bonchev–Trinajstić information content (AvgIpc) is 2.36. The molecule has 0 fully saturated rings. The first-order valence-corrected chi connectivity index (χ1v) is 3.76. The lowest BCUT2D eigenvalue weighted by Crippen LogP contribution is -2.14. The molecule has 1 heterocycles. The molecule has 0 aliphatic rings. The van der Waals surface area contributed by atoms with Crippen LogP contribution in [0.4, 0.5) is 0 Å². The first-order chi connectivity index (χ1) is 5.24. The van der Waals surface area contributed by atoms with E-state index in [1.54, 1.807) is 0 Å². The van der Waals surface area contributed by atoms with Crippen LogP contribution >= 0.6 is 0 Å². The second-order valence-corrected chi connectivity index (χ2v) is 2.63. The molecule has 4 N–H and O–H groups in total. The summed E-state index contributed by atoms with van der Waals surface area (Å²) in [5.41, 5.74) is 11.1. The molecule has 0 aliphatic heterocycles. The van der Waals surface area contributed by atoms with Crippen LogP contribution < -0.4 is 11.5 Å². The van der Waals surface area contributed by atoms with Crippen molar-refractivity contribution in [3.8, 4) is 0 Å². The fraction of sp³-hybridized carbons (Fsp3) is 0.500. The molecule has 3 heteroatoms. The highest BCUT2D eigenvalue weighted by molar-refractivity contribution is 5.08. The summed E-state index contributed by atoms with van der Waals surface area (Å²) in [4.78, 5) is 0. The first kappa shape index (κ1) is 8.30. The highest BCUT2D eigenvalue weighted by Gasteiger charge is 2.07. The maximum atomic E-state index is 5.75. The maximum absolute atomic E-state index is 5.75. The van der Waals surface area contributed by atoms with Crippen molar-refractivity contribution in [1.82, 2.24) is 0 Å². The predicted molar refractivity (Wildman–Crippen MR) is 44.0 cm³/mol. The van der Waals surface area contributed by atoms with Crippen molar-refractivity contribution in [1.29, 1.82) is 0 Å². The SMILES string of the molecule is Cc1ccc([C@@H](N)CCN)o1. The Bertz CT molecular complexity index is 220. The maximum Gasteiger partial charge on any atom is 0.120 e. The zero-order chi connectivity index (χ0) is 8.27. The van der Waals surface area contributed by atoms with E-state index in [9.17, 15) is 0 Å². The summed E-state index contributed by atoms with van der Waals surface area (Å²) in [6.45, 7) is 2.50. The molecule has 1 aromatic rings. The summed E-state index contributed by atoms with van der Waals surface area (Å²) in [5.74, 6) is 1.72. The van der Waals surface area contributed by atoms with Crippen molar-refractivity contribution in [2.75, 3.05) is 6.54 Å². The van der Waals surface area contributed by atoms with Crippen molar-refractivity contribution < 1.29 is 4.42 Å². The van der Waals surface area contributed by atoms with Crippen LogP contribution in [0.2, 0.25) is 0 Å². The van der Waals surface area contributed by atoms with Gasteiger partial charge in [0.2, 0.25) is 0 Å². The van der Waals surface area contributed by atoms with Gasteiger partial charge in [0.1, 0.15) is 11.5 Å². The second-order valence-electron chi connectivity index (χ2n) is 2.63. The number of nitrogens with two attached hydrogens (primary N) is 2. The van der Waals surface area contributed by atoms with Gasteiger partial charge < -0.3 is 15.9 Å². The van der Waals surface area contributed by atoms with Gasteiger partial charge in [-0.1, -0.05) is 0 Å². The summed E-state index contributed by atoms with van der Waals surface area (Å²) in [6, 6.07) is 3.76. The molecule has 0 bridgehead atoms. The molecule has 0 amide bonds. The minimum atomic E-state index is -0.0475. The van der Waals surface area contributed by atoms with E-state index in [0.717, 1.165) is 17.9 Å². The van der Waals surface area contributed by atoms with E-state index >= 15 is 0 Å². The van der Waals surface area contributed by atoms with Crippen molar-refractivity contribution in [2.45, 2.75) is 19.4 Å². The molecule has 3 nitrogen and oxygen atoms in total. The van der Waals surface area contributed by atoms with E-state index in [0.29, 0.717) is 6.54 Å². The minimum Gasteiger partial charge on any atom is -0.465 e. The molecule has 0 radical (unpaired) electrons. The van der Waals surface area contributed by atoms with Crippen LogP contribution in [-0.2, 0) is 0 Å². The molecule has 0 saturated carbocycles. The number of rotatable bonds is 3. The molecule has 1 aromatic heterocycles. The Kier molecular flexibility index (Phi) is 2.68. The highest BCUT2D eigenvalue weighted by Crippen LogP contribution is 2.15. The normalized spacial score (nSPS) is 13.4. The van der Waals surface area contributed by atoms with Gasteiger partial charge >= 0.3 is 0 Å². The largest absolute Gasteiger partial charge is 0.465 e. The molecule has 1 atom stereocenters. The Morgan fingerprint density at radius 3 is 2.73 bits per heavy atom. The van der Waals surface area contributed by atoms with Gasteiger partial charge in [-0.2, -0.15) is 0 Å². The highest BCUT2D eigenvalue weighted by atomic mass is 16.3. The fourth-order valence-corrected chi connectivity index (χ4v) is 0.975. The van der Waals surface area contributed by atoms with Gasteiger partial charge in [0.25, 0.3) is 0 Å². The second kappa shape index (κ2) is 3.55. The van der Waals surface area contributed by atoms with Crippen LogP contribution in [0, 0.1) is 6.92 Å². The van der Waals surface area contributed by atoms with Crippen molar-refractivity contribution in [3.63, 3.8) is 0 Å². The third-order valence-electron chi connectivity index (χ3n) is 1.60. The number of furan rings is 1. The number of aryl methyl sites for hydroxylation is 1. The van der Waals surface area contributed by atoms with Gasteiger partial charge in [-0.3, -0.25) is 0 Å². The van der Waals surface area contributed by atoms with E-state index in [4.69, 9.17) is 15.9 Å². The summed E-state index contributed by atoms with van der Waals surface area (Å²) >= 11 is 0. The summed E-state index contributed by atoms with van der Waals surface area (Å²) in [7, 11) is 0. The number of hydrogen-bond acceptors (Lipinski definition) is 3. The van der Waals surface area contributed by atoms with E-state index in [1.165, 1.54) is 0 Å². The lowest BCUT2D eigenvalue weighted by Gasteiger charge is -2.05. The third-order valence-corrected chi connectivity index (χ3v) is 1.60. The molecule has 0 saturated heterocycles. The fourth-order valence-electron chi connectivity index (χ4n) is 0.975. The van der Waals surface area contributed by atoms with Gasteiger partial charge in [0.15, 0.2) is 0 Å². The number of hydrogen-bond donors (Lipinski definition) is 2. The standard InChI is InChI=1S/C8H14N2O/c1-6-2-3-8(11-6)7(10)4-5-9/h2-3,7H,4-5,9-10H2,1H3/t7-/m0/s1. The first-order valence-electron chi connectivity index (χ1n) is 3.76. The van der Waals surface area contributed by atoms with Crippen LogP contribution in [0.1, 0.15) is 24.0 Å². The minimum absolute atomic E-state index is 0.0475. The van der Waals surface area contributed by atoms with Crippen LogP contribution in [0.25, 0.3) is 0 Å². The Morgan fingerprint density at radius 2 is 2.27 bits per heavy atom.